The number of aryl methyl sites for hydroxylation is 1. The Hall–Kier alpha value is -2.58. The van der Waals surface area contributed by atoms with Crippen LogP contribution in [-0.2, 0) is 15.6 Å². The van der Waals surface area contributed by atoms with Crippen LogP contribution in [-0.4, -0.2) is 48.0 Å². The lowest BCUT2D eigenvalue weighted by Crippen LogP contribution is -2.39. The summed E-state index contributed by atoms with van der Waals surface area (Å²) >= 11 is 0. The Kier molecular flexibility index (Phi) is 7.50. The summed E-state index contributed by atoms with van der Waals surface area (Å²) in [5, 5.41) is 6.62. The van der Waals surface area contributed by atoms with Gasteiger partial charge >= 0.3 is 7.82 Å². The van der Waals surface area contributed by atoms with E-state index in [4.69, 9.17) is 19.0 Å². The van der Waals surface area contributed by atoms with Crippen LogP contribution < -0.4 is 20.3 Å². The first-order valence-corrected chi connectivity index (χ1v) is 14.5. The standard InChI is InChI=1S/C27H36N3O6P/c1-17-11-18(3-10-26(17)35-2)14-28-25-13-22(30-15-19-12-20(19)16-30)6-9-24(25)27(31)29-21-4-7-23(8-5-21)36-37(32,33)34/h3,6,9-11,13,19-21,23,28H,4-5,7-8,12,14-16H2,1-2H3,(H,29,31)(H2,32,33,34). The van der Waals surface area contributed by atoms with Crippen LogP contribution >= 0.6 is 7.82 Å². The third kappa shape index (κ3) is 6.47. The number of phosphoric acid groups is 1. The summed E-state index contributed by atoms with van der Waals surface area (Å²) in [6, 6.07) is 12.0. The molecular weight excluding hydrogens is 493 g/mol. The molecule has 0 bridgehead atoms. The lowest BCUT2D eigenvalue weighted by Gasteiger charge is -2.29. The van der Waals surface area contributed by atoms with E-state index in [1.54, 1.807) is 7.11 Å². The number of carbonyl (C=O) groups excluding carboxylic acids is 1. The van der Waals surface area contributed by atoms with Crippen LogP contribution in [0.1, 0.15) is 53.6 Å². The highest BCUT2D eigenvalue weighted by molar-refractivity contribution is 7.46. The lowest BCUT2D eigenvalue weighted by atomic mass is 9.93. The third-order valence-electron chi connectivity index (χ3n) is 7.83. The van der Waals surface area contributed by atoms with Crippen molar-refractivity contribution < 1.29 is 28.4 Å². The van der Waals surface area contributed by atoms with Gasteiger partial charge in [-0.2, -0.15) is 0 Å². The molecule has 1 saturated heterocycles. The molecule has 1 heterocycles. The fourth-order valence-electron chi connectivity index (χ4n) is 5.70. The van der Waals surface area contributed by atoms with Crippen molar-refractivity contribution in [1.29, 1.82) is 0 Å². The Morgan fingerprint density at radius 3 is 2.46 bits per heavy atom. The zero-order chi connectivity index (χ0) is 26.2. The molecule has 1 amide bonds. The largest absolute Gasteiger partial charge is 0.496 e. The summed E-state index contributed by atoms with van der Waals surface area (Å²) in [5.41, 5.74) is 4.67. The number of nitrogens with zero attached hydrogens (tertiary/aromatic N) is 1. The zero-order valence-electron chi connectivity index (χ0n) is 21.4. The highest BCUT2D eigenvalue weighted by Crippen LogP contribution is 2.46. The van der Waals surface area contributed by atoms with Crippen molar-refractivity contribution in [2.45, 2.75) is 57.7 Å². The Balaban J connectivity index is 1.28. The highest BCUT2D eigenvalue weighted by atomic mass is 31.2. The van der Waals surface area contributed by atoms with Gasteiger partial charge in [0.15, 0.2) is 0 Å². The van der Waals surface area contributed by atoms with Gasteiger partial charge in [0.1, 0.15) is 5.75 Å². The van der Waals surface area contributed by atoms with Gasteiger partial charge in [0.2, 0.25) is 0 Å². The Morgan fingerprint density at radius 1 is 1.08 bits per heavy atom. The van der Waals surface area contributed by atoms with E-state index in [1.165, 1.54) is 6.42 Å². The average molecular weight is 530 g/mol. The summed E-state index contributed by atoms with van der Waals surface area (Å²) in [6.07, 6.45) is 3.06. The SMILES string of the molecule is COc1ccc(CNc2cc(N3CC4CC4C3)ccc2C(=O)NC2CCC(OP(=O)(O)O)CC2)cc1C. The van der Waals surface area contributed by atoms with E-state index >= 15 is 0 Å². The molecule has 0 spiro atoms. The zero-order valence-corrected chi connectivity index (χ0v) is 22.2. The molecule has 0 radical (unpaired) electrons. The monoisotopic (exact) mass is 529 g/mol. The summed E-state index contributed by atoms with van der Waals surface area (Å²) < 4.78 is 21.3. The third-order valence-corrected chi connectivity index (χ3v) is 8.40. The normalized spacial score (nSPS) is 24.9. The van der Waals surface area contributed by atoms with Crippen LogP contribution in [0.15, 0.2) is 36.4 Å². The van der Waals surface area contributed by atoms with E-state index in [0.717, 1.165) is 53.2 Å². The molecule has 2 aliphatic carbocycles. The maximum absolute atomic E-state index is 13.3. The maximum atomic E-state index is 13.3. The molecule has 2 saturated carbocycles. The number of piperidine rings is 1. The van der Waals surface area contributed by atoms with E-state index < -0.39 is 13.9 Å². The first-order chi connectivity index (χ1) is 17.7. The number of carbonyl (C=O) groups is 1. The van der Waals surface area contributed by atoms with E-state index in [1.807, 2.05) is 31.2 Å². The van der Waals surface area contributed by atoms with Gasteiger partial charge in [0.25, 0.3) is 5.91 Å². The number of benzene rings is 2. The predicted octanol–water partition coefficient (Wildman–Crippen LogP) is 4.22. The molecule has 200 valence electrons. The van der Waals surface area contributed by atoms with E-state index in [9.17, 15) is 9.36 Å². The van der Waals surface area contributed by atoms with Crippen molar-refractivity contribution in [2.75, 3.05) is 30.4 Å². The minimum atomic E-state index is -4.50. The number of fused-ring (bicyclic) bond motifs is 1. The number of nitrogens with one attached hydrogen (secondary N) is 2. The molecule has 2 atom stereocenters. The molecule has 10 heteroatoms. The number of ether oxygens (including phenoxy) is 1. The van der Waals surface area contributed by atoms with Crippen molar-refractivity contribution in [2.24, 2.45) is 11.8 Å². The van der Waals surface area contributed by atoms with E-state index in [0.29, 0.717) is 37.8 Å². The minimum absolute atomic E-state index is 0.0634. The van der Waals surface area contributed by atoms with Crippen LogP contribution in [0.3, 0.4) is 0 Å². The van der Waals surface area contributed by atoms with Gasteiger partial charge in [0.05, 0.1) is 18.8 Å². The molecule has 0 aromatic heterocycles. The van der Waals surface area contributed by atoms with Gasteiger partial charge in [-0.05, 0) is 86.3 Å². The molecule has 3 aliphatic rings. The summed E-state index contributed by atoms with van der Waals surface area (Å²) in [4.78, 5) is 33.9. The van der Waals surface area contributed by atoms with Gasteiger partial charge in [0, 0.05) is 37.1 Å². The molecule has 4 N–H and O–H groups in total. The van der Waals surface area contributed by atoms with Gasteiger partial charge in [-0.15, -0.1) is 0 Å². The second kappa shape index (κ2) is 10.7. The second-order valence-corrected chi connectivity index (χ2v) is 11.8. The van der Waals surface area contributed by atoms with Crippen molar-refractivity contribution in [3.05, 3.63) is 53.1 Å². The van der Waals surface area contributed by atoms with Crippen molar-refractivity contribution in [3.8, 4) is 5.75 Å². The highest BCUT2D eigenvalue weighted by Gasteiger charge is 2.45. The van der Waals surface area contributed by atoms with Crippen LogP contribution in [0, 0.1) is 18.8 Å². The Labute approximate surface area is 217 Å². The second-order valence-electron chi connectivity index (χ2n) is 10.6. The number of anilines is 2. The number of phosphoric ester groups is 1. The van der Waals surface area contributed by atoms with Gasteiger partial charge in [-0.1, -0.05) is 12.1 Å². The molecular formula is C27H36N3O6P. The molecule has 37 heavy (non-hydrogen) atoms. The molecule has 9 nitrogen and oxygen atoms in total. The first kappa shape index (κ1) is 26.0. The van der Waals surface area contributed by atoms with Gasteiger partial charge in [-0.25, -0.2) is 4.57 Å². The van der Waals surface area contributed by atoms with Crippen LogP contribution in [0.2, 0.25) is 0 Å². The Morgan fingerprint density at radius 2 is 1.81 bits per heavy atom. The fourth-order valence-corrected chi connectivity index (χ4v) is 6.30. The average Bonchev–Trinajstić information content (AvgIpc) is 3.47. The number of methoxy groups -OCH3 is 1. The minimum Gasteiger partial charge on any atom is -0.496 e. The predicted molar refractivity (Wildman–Crippen MR) is 142 cm³/mol. The maximum Gasteiger partial charge on any atom is 0.469 e. The van der Waals surface area contributed by atoms with Crippen LogP contribution in [0.4, 0.5) is 11.4 Å². The smallest absolute Gasteiger partial charge is 0.469 e. The molecule has 2 aromatic rings. The van der Waals surface area contributed by atoms with Crippen LogP contribution in [0.5, 0.6) is 5.75 Å². The van der Waals surface area contributed by atoms with Crippen LogP contribution in [0.25, 0.3) is 0 Å². The lowest BCUT2D eigenvalue weighted by molar-refractivity contribution is 0.0820. The van der Waals surface area contributed by atoms with Crippen molar-refractivity contribution >= 4 is 25.1 Å². The van der Waals surface area contributed by atoms with E-state index in [-0.39, 0.29) is 11.9 Å². The van der Waals surface area contributed by atoms with E-state index in [2.05, 4.69) is 27.7 Å². The molecule has 1 aliphatic heterocycles. The number of hydrogen-bond donors (Lipinski definition) is 4. The van der Waals surface area contributed by atoms with Gasteiger partial charge < -0.3 is 30.1 Å². The topological polar surface area (TPSA) is 120 Å². The first-order valence-electron chi connectivity index (χ1n) is 13.0. The van der Waals surface area contributed by atoms with Crippen molar-refractivity contribution in [3.63, 3.8) is 0 Å². The molecule has 2 unspecified atom stereocenters. The summed E-state index contributed by atoms with van der Waals surface area (Å²) in [5.74, 6) is 2.32. The Bertz CT molecular complexity index is 1180. The molecule has 3 fully saturated rings. The van der Waals surface area contributed by atoms with Crippen molar-refractivity contribution in [1.82, 2.24) is 5.32 Å². The molecule has 2 aromatic carbocycles. The number of rotatable bonds is 9. The summed E-state index contributed by atoms with van der Waals surface area (Å²) in [6.45, 7) is 4.74. The number of amides is 1. The fraction of sp³-hybridized carbons (Fsp3) is 0.519. The van der Waals surface area contributed by atoms with Gasteiger partial charge in [-0.3, -0.25) is 9.32 Å². The molecule has 5 rings (SSSR count). The summed E-state index contributed by atoms with van der Waals surface area (Å²) in [7, 11) is -2.84. The quantitative estimate of drug-likeness (QED) is 0.357. The number of hydrogen-bond acceptors (Lipinski definition) is 6.